The largest absolute Gasteiger partial charge is 0.396 e. The summed E-state index contributed by atoms with van der Waals surface area (Å²) in [7, 11) is 0. The first-order valence-corrected chi connectivity index (χ1v) is 7.41. The van der Waals surface area contributed by atoms with Gasteiger partial charge >= 0.3 is 0 Å². The van der Waals surface area contributed by atoms with E-state index >= 15 is 0 Å². The van der Waals surface area contributed by atoms with Crippen LogP contribution in [0, 0.1) is 19.8 Å². The van der Waals surface area contributed by atoms with E-state index in [1.807, 2.05) is 0 Å². The molecule has 1 aromatic rings. The monoisotopic (exact) mass is 246 g/mol. The maximum Gasteiger partial charge on any atom is 0.0436 e. The second-order valence-electron chi connectivity index (χ2n) is 5.81. The molecule has 0 aromatic heterocycles. The molecule has 0 heterocycles. The van der Waals surface area contributed by atoms with Crippen LogP contribution in [0.2, 0.25) is 0 Å². The zero-order valence-corrected chi connectivity index (χ0v) is 11.8. The summed E-state index contributed by atoms with van der Waals surface area (Å²) in [6.45, 7) is 4.74. The second kappa shape index (κ2) is 6.38. The van der Waals surface area contributed by atoms with Crippen molar-refractivity contribution < 1.29 is 5.11 Å². The van der Waals surface area contributed by atoms with E-state index in [0.29, 0.717) is 12.5 Å². The van der Waals surface area contributed by atoms with Crippen molar-refractivity contribution in [3.05, 3.63) is 34.9 Å². The number of hydrogen-bond donors (Lipinski definition) is 1. The summed E-state index contributed by atoms with van der Waals surface area (Å²) in [4.78, 5) is 0. The van der Waals surface area contributed by atoms with Crippen LogP contribution in [0.1, 0.15) is 61.1 Å². The Hall–Kier alpha value is -0.820. The molecule has 1 fully saturated rings. The average Bonchev–Trinajstić information content (AvgIpc) is 2.41. The molecule has 1 nitrogen and oxygen atoms in total. The Kier molecular flexibility index (Phi) is 4.82. The second-order valence-corrected chi connectivity index (χ2v) is 5.81. The molecule has 1 aromatic carbocycles. The van der Waals surface area contributed by atoms with Gasteiger partial charge in [0.25, 0.3) is 0 Å². The van der Waals surface area contributed by atoms with Crippen LogP contribution in [-0.2, 0) is 0 Å². The van der Waals surface area contributed by atoms with Gasteiger partial charge in [-0.15, -0.1) is 0 Å². The van der Waals surface area contributed by atoms with Crippen molar-refractivity contribution in [1.29, 1.82) is 0 Å². The van der Waals surface area contributed by atoms with Gasteiger partial charge in [0.15, 0.2) is 0 Å². The predicted octanol–water partition coefficient (Wildman–Crippen LogP) is 4.35. The number of aryl methyl sites for hydroxylation is 1. The van der Waals surface area contributed by atoms with E-state index in [-0.39, 0.29) is 0 Å². The Morgan fingerprint density at radius 3 is 2.56 bits per heavy atom. The minimum atomic E-state index is 0.314. The third-order valence-electron chi connectivity index (χ3n) is 4.70. The summed E-state index contributed by atoms with van der Waals surface area (Å²) in [5, 5.41) is 9.39. The van der Waals surface area contributed by atoms with Crippen molar-refractivity contribution in [2.75, 3.05) is 6.61 Å². The summed E-state index contributed by atoms with van der Waals surface area (Å²) in [5.41, 5.74) is 4.30. The molecule has 1 unspecified atom stereocenters. The van der Waals surface area contributed by atoms with Gasteiger partial charge in [0, 0.05) is 6.61 Å². The van der Waals surface area contributed by atoms with Gasteiger partial charge in [0.2, 0.25) is 0 Å². The van der Waals surface area contributed by atoms with Crippen LogP contribution >= 0.6 is 0 Å². The Morgan fingerprint density at radius 1 is 1.17 bits per heavy atom. The molecule has 1 N–H and O–H groups in total. The topological polar surface area (TPSA) is 20.2 Å². The van der Waals surface area contributed by atoms with E-state index in [0.717, 1.165) is 12.3 Å². The zero-order valence-electron chi connectivity index (χ0n) is 11.8. The fraction of sp³-hybridized carbons (Fsp3) is 0.647. The molecule has 1 aliphatic rings. The van der Waals surface area contributed by atoms with Crippen LogP contribution in [-0.4, -0.2) is 11.7 Å². The van der Waals surface area contributed by atoms with Gasteiger partial charge in [-0.1, -0.05) is 37.5 Å². The lowest BCUT2D eigenvalue weighted by Gasteiger charge is -2.31. The van der Waals surface area contributed by atoms with Crippen molar-refractivity contribution in [2.24, 2.45) is 5.92 Å². The van der Waals surface area contributed by atoms with Crippen molar-refractivity contribution in [2.45, 2.75) is 58.3 Å². The maximum absolute atomic E-state index is 9.39. The molecule has 18 heavy (non-hydrogen) atoms. The molecule has 1 saturated carbocycles. The molecule has 100 valence electrons. The van der Waals surface area contributed by atoms with E-state index in [9.17, 15) is 5.11 Å². The molecule has 0 bridgehead atoms. The summed E-state index contributed by atoms with van der Waals surface area (Å²) in [6, 6.07) is 6.64. The minimum absolute atomic E-state index is 0.314. The van der Waals surface area contributed by atoms with Crippen LogP contribution < -0.4 is 0 Å². The highest BCUT2D eigenvalue weighted by Gasteiger charge is 2.25. The van der Waals surface area contributed by atoms with Crippen LogP contribution in [0.15, 0.2) is 18.2 Å². The lowest BCUT2D eigenvalue weighted by atomic mass is 9.74. The molecule has 0 saturated heterocycles. The van der Waals surface area contributed by atoms with Gasteiger partial charge in [0.05, 0.1) is 0 Å². The Morgan fingerprint density at radius 2 is 1.89 bits per heavy atom. The standard InChI is InChI=1S/C17H26O/c1-13-7-6-10-16(14(13)2)17(11-12-18)15-8-4-3-5-9-15/h6-7,10,15,17-18H,3-5,8-9,11-12H2,1-2H3. The van der Waals surface area contributed by atoms with Crippen molar-refractivity contribution in [3.8, 4) is 0 Å². The lowest BCUT2D eigenvalue weighted by Crippen LogP contribution is -2.18. The van der Waals surface area contributed by atoms with Crippen LogP contribution in [0.3, 0.4) is 0 Å². The average molecular weight is 246 g/mol. The van der Waals surface area contributed by atoms with E-state index in [2.05, 4.69) is 32.0 Å². The van der Waals surface area contributed by atoms with Crippen molar-refractivity contribution in [3.63, 3.8) is 0 Å². The molecule has 0 amide bonds. The SMILES string of the molecule is Cc1cccc(C(CCO)C2CCCCC2)c1C. The molecule has 0 radical (unpaired) electrons. The van der Waals surface area contributed by atoms with Gasteiger partial charge in [-0.3, -0.25) is 0 Å². The van der Waals surface area contributed by atoms with Gasteiger partial charge in [-0.05, 0) is 61.6 Å². The summed E-state index contributed by atoms with van der Waals surface area (Å²) < 4.78 is 0. The van der Waals surface area contributed by atoms with Crippen LogP contribution in [0.5, 0.6) is 0 Å². The van der Waals surface area contributed by atoms with E-state index in [1.54, 1.807) is 0 Å². The van der Waals surface area contributed by atoms with Crippen LogP contribution in [0.25, 0.3) is 0 Å². The first-order chi connectivity index (χ1) is 8.74. The third-order valence-corrected chi connectivity index (χ3v) is 4.70. The first kappa shape index (κ1) is 13.6. The van der Waals surface area contributed by atoms with E-state index < -0.39 is 0 Å². The molecule has 2 rings (SSSR count). The molecule has 1 heteroatoms. The molecular formula is C17H26O. The number of rotatable bonds is 4. The number of benzene rings is 1. The predicted molar refractivity (Wildman–Crippen MR) is 76.9 cm³/mol. The smallest absolute Gasteiger partial charge is 0.0436 e. The quantitative estimate of drug-likeness (QED) is 0.837. The Labute approximate surface area is 111 Å². The van der Waals surface area contributed by atoms with Crippen LogP contribution in [0.4, 0.5) is 0 Å². The fourth-order valence-electron chi connectivity index (χ4n) is 3.50. The molecule has 0 aliphatic heterocycles. The molecular weight excluding hydrogens is 220 g/mol. The third kappa shape index (κ3) is 2.95. The highest BCUT2D eigenvalue weighted by atomic mass is 16.3. The maximum atomic E-state index is 9.39. The van der Waals surface area contributed by atoms with Gasteiger partial charge in [0.1, 0.15) is 0 Å². The van der Waals surface area contributed by atoms with Crippen molar-refractivity contribution in [1.82, 2.24) is 0 Å². The Balaban J connectivity index is 2.25. The van der Waals surface area contributed by atoms with Crippen molar-refractivity contribution >= 4 is 0 Å². The highest BCUT2D eigenvalue weighted by Crippen LogP contribution is 2.39. The van der Waals surface area contributed by atoms with E-state index in [4.69, 9.17) is 0 Å². The summed E-state index contributed by atoms with van der Waals surface area (Å²) in [6.07, 6.45) is 7.76. The molecule has 1 aliphatic carbocycles. The highest BCUT2D eigenvalue weighted by molar-refractivity contribution is 5.36. The van der Waals surface area contributed by atoms with Gasteiger partial charge in [-0.25, -0.2) is 0 Å². The first-order valence-electron chi connectivity index (χ1n) is 7.41. The van der Waals surface area contributed by atoms with Gasteiger partial charge in [-0.2, -0.15) is 0 Å². The zero-order chi connectivity index (χ0) is 13.0. The number of aliphatic hydroxyl groups is 1. The number of hydrogen-bond acceptors (Lipinski definition) is 1. The molecule has 0 spiro atoms. The summed E-state index contributed by atoms with van der Waals surface area (Å²) in [5.74, 6) is 1.35. The fourth-order valence-corrected chi connectivity index (χ4v) is 3.50. The van der Waals surface area contributed by atoms with E-state index in [1.165, 1.54) is 48.8 Å². The minimum Gasteiger partial charge on any atom is -0.396 e. The number of aliphatic hydroxyl groups excluding tert-OH is 1. The Bertz CT molecular complexity index is 377. The summed E-state index contributed by atoms with van der Waals surface area (Å²) >= 11 is 0. The van der Waals surface area contributed by atoms with Gasteiger partial charge < -0.3 is 5.11 Å². The normalized spacial score (nSPS) is 18.8. The molecule has 1 atom stereocenters. The lowest BCUT2D eigenvalue weighted by molar-refractivity contribution is 0.228.